The lowest BCUT2D eigenvalue weighted by atomic mass is 10.1. The fourth-order valence-corrected chi connectivity index (χ4v) is 3.44. The van der Waals surface area contributed by atoms with Crippen LogP contribution in [0.1, 0.15) is 136 Å². The van der Waals surface area contributed by atoms with Gasteiger partial charge in [-0.25, -0.2) is 0 Å². The summed E-state index contributed by atoms with van der Waals surface area (Å²) in [6, 6.07) is 0. The van der Waals surface area contributed by atoms with Gasteiger partial charge in [0.25, 0.3) is 0 Å². The molecule has 0 fully saturated rings. The van der Waals surface area contributed by atoms with Crippen molar-refractivity contribution in [2.75, 3.05) is 6.61 Å². The molecule has 0 heterocycles. The van der Waals surface area contributed by atoms with E-state index in [1.807, 2.05) is 0 Å². The average Bonchev–Trinajstić information content (AvgIpc) is 2.67. The molecule has 27 heavy (non-hydrogen) atoms. The Morgan fingerprint density at radius 1 is 0.667 bits per heavy atom. The molecule has 0 saturated carbocycles. The van der Waals surface area contributed by atoms with Gasteiger partial charge in [0.2, 0.25) is 0 Å². The van der Waals surface area contributed by atoms with E-state index in [-0.39, 0.29) is 12.1 Å². The molecule has 0 bridgehead atoms. The number of rotatable bonds is 21. The van der Waals surface area contributed by atoms with Crippen LogP contribution in [0.25, 0.3) is 0 Å². The normalized spacial score (nSPS) is 12.3. The molecule has 0 aromatic rings. The molecule has 0 aromatic heterocycles. The highest BCUT2D eigenvalue weighted by Gasteiger charge is 2.09. The lowest BCUT2D eigenvalue weighted by Gasteiger charge is -2.10. The van der Waals surface area contributed by atoms with Crippen LogP contribution in [0.2, 0.25) is 0 Å². The van der Waals surface area contributed by atoms with E-state index in [0.717, 1.165) is 25.7 Å². The molecule has 0 unspecified atom stereocenters. The molecular weight excluding hydrogens is 336 g/mol. The summed E-state index contributed by atoms with van der Waals surface area (Å²) in [4.78, 5) is 11.7. The molecular formula is C24H48O3. The molecule has 3 heteroatoms. The number of aliphatic hydroxyl groups excluding tert-OH is 1. The zero-order valence-corrected chi connectivity index (χ0v) is 18.5. The van der Waals surface area contributed by atoms with Crippen LogP contribution in [0.4, 0.5) is 0 Å². The van der Waals surface area contributed by atoms with Gasteiger partial charge in [0.1, 0.15) is 0 Å². The SMILES string of the molecule is CCCCCCCCCCCCCCOC(=O)CC[C@@H](O)CCCCCC. The van der Waals surface area contributed by atoms with Gasteiger partial charge in [-0.1, -0.05) is 110 Å². The standard InChI is InChI=1S/C24H48O3/c1-3-5-7-9-10-11-12-13-14-15-16-18-22-27-24(26)21-20-23(25)19-17-8-6-4-2/h23,25H,3-22H2,1-2H3/t23-/m0/s1. The molecule has 1 atom stereocenters. The highest BCUT2D eigenvalue weighted by atomic mass is 16.5. The van der Waals surface area contributed by atoms with E-state index in [4.69, 9.17) is 4.74 Å². The number of carbonyl (C=O) groups is 1. The quantitative estimate of drug-likeness (QED) is 0.166. The van der Waals surface area contributed by atoms with E-state index in [0.29, 0.717) is 19.4 Å². The van der Waals surface area contributed by atoms with Crippen molar-refractivity contribution in [3.8, 4) is 0 Å². The summed E-state index contributed by atoms with van der Waals surface area (Å²) in [7, 11) is 0. The largest absolute Gasteiger partial charge is 0.466 e. The van der Waals surface area contributed by atoms with Crippen molar-refractivity contribution in [1.82, 2.24) is 0 Å². The van der Waals surface area contributed by atoms with Crippen LogP contribution in [0, 0.1) is 0 Å². The average molecular weight is 385 g/mol. The Balaban J connectivity index is 3.25. The van der Waals surface area contributed by atoms with Crippen molar-refractivity contribution in [2.45, 2.75) is 142 Å². The van der Waals surface area contributed by atoms with Gasteiger partial charge in [-0.05, 0) is 19.3 Å². The van der Waals surface area contributed by atoms with Crippen molar-refractivity contribution in [3.05, 3.63) is 0 Å². The molecule has 0 aliphatic carbocycles. The maximum atomic E-state index is 11.7. The van der Waals surface area contributed by atoms with Gasteiger partial charge in [0.15, 0.2) is 0 Å². The summed E-state index contributed by atoms with van der Waals surface area (Å²) >= 11 is 0. The lowest BCUT2D eigenvalue weighted by molar-refractivity contribution is -0.144. The van der Waals surface area contributed by atoms with Crippen LogP contribution < -0.4 is 0 Å². The van der Waals surface area contributed by atoms with Crippen molar-refractivity contribution in [1.29, 1.82) is 0 Å². The summed E-state index contributed by atoms with van der Waals surface area (Å²) in [5.74, 6) is -0.148. The Kier molecular flexibility index (Phi) is 21.3. The van der Waals surface area contributed by atoms with Crippen molar-refractivity contribution < 1.29 is 14.6 Å². The molecule has 0 aromatic carbocycles. The number of carbonyl (C=O) groups excluding carboxylic acids is 1. The molecule has 0 radical (unpaired) electrons. The second-order valence-corrected chi connectivity index (χ2v) is 8.15. The van der Waals surface area contributed by atoms with Gasteiger partial charge in [-0.15, -0.1) is 0 Å². The predicted molar refractivity (Wildman–Crippen MR) is 116 cm³/mol. The highest BCUT2D eigenvalue weighted by molar-refractivity contribution is 5.69. The Morgan fingerprint density at radius 3 is 1.63 bits per heavy atom. The molecule has 0 saturated heterocycles. The lowest BCUT2D eigenvalue weighted by Crippen LogP contribution is -2.12. The maximum Gasteiger partial charge on any atom is 0.305 e. The first-order valence-corrected chi connectivity index (χ1v) is 12.0. The zero-order valence-electron chi connectivity index (χ0n) is 18.5. The van der Waals surface area contributed by atoms with Crippen LogP contribution in [0.5, 0.6) is 0 Å². The molecule has 0 spiro atoms. The molecule has 0 rings (SSSR count). The maximum absolute atomic E-state index is 11.7. The first kappa shape index (κ1) is 26.4. The molecule has 162 valence electrons. The Morgan fingerprint density at radius 2 is 1.11 bits per heavy atom. The third-order valence-electron chi connectivity index (χ3n) is 5.33. The van der Waals surface area contributed by atoms with E-state index in [1.165, 1.54) is 83.5 Å². The second kappa shape index (κ2) is 21.7. The first-order valence-electron chi connectivity index (χ1n) is 12.0. The topological polar surface area (TPSA) is 46.5 Å². The number of ether oxygens (including phenoxy) is 1. The second-order valence-electron chi connectivity index (χ2n) is 8.15. The van der Waals surface area contributed by atoms with Crippen LogP contribution in [-0.2, 0) is 9.53 Å². The number of unbranched alkanes of at least 4 members (excludes halogenated alkanes) is 14. The third kappa shape index (κ3) is 21.6. The summed E-state index contributed by atoms with van der Waals surface area (Å²) < 4.78 is 5.28. The van der Waals surface area contributed by atoms with Gasteiger partial charge in [0, 0.05) is 6.42 Å². The minimum Gasteiger partial charge on any atom is -0.466 e. The minimum atomic E-state index is -0.346. The molecule has 0 amide bonds. The van der Waals surface area contributed by atoms with Gasteiger partial charge < -0.3 is 9.84 Å². The number of hydrogen-bond donors (Lipinski definition) is 1. The van der Waals surface area contributed by atoms with E-state index in [1.54, 1.807) is 0 Å². The van der Waals surface area contributed by atoms with Gasteiger partial charge >= 0.3 is 5.97 Å². The van der Waals surface area contributed by atoms with Crippen molar-refractivity contribution in [2.24, 2.45) is 0 Å². The third-order valence-corrected chi connectivity index (χ3v) is 5.33. The predicted octanol–water partition coefficient (Wildman–Crippen LogP) is 7.34. The number of aliphatic hydroxyl groups is 1. The van der Waals surface area contributed by atoms with Crippen LogP contribution >= 0.6 is 0 Å². The van der Waals surface area contributed by atoms with Crippen molar-refractivity contribution >= 4 is 5.97 Å². The highest BCUT2D eigenvalue weighted by Crippen LogP contribution is 2.12. The smallest absolute Gasteiger partial charge is 0.305 e. The molecule has 3 nitrogen and oxygen atoms in total. The fourth-order valence-electron chi connectivity index (χ4n) is 3.44. The van der Waals surface area contributed by atoms with E-state index >= 15 is 0 Å². The van der Waals surface area contributed by atoms with Crippen molar-refractivity contribution in [3.63, 3.8) is 0 Å². The summed E-state index contributed by atoms with van der Waals surface area (Å²) in [5.41, 5.74) is 0. The summed E-state index contributed by atoms with van der Waals surface area (Å²) in [5, 5.41) is 9.87. The van der Waals surface area contributed by atoms with E-state index < -0.39 is 0 Å². The Bertz CT molecular complexity index is 304. The molecule has 1 N–H and O–H groups in total. The van der Waals surface area contributed by atoms with Gasteiger partial charge in [-0.3, -0.25) is 4.79 Å². The van der Waals surface area contributed by atoms with Gasteiger partial charge in [-0.2, -0.15) is 0 Å². The van der Waals surface area contributed by atoms with E-state index in [9.17, 15) is 9.90 Å². The number of esters is 1. The van der Waals surface area contributed by atoms with Crippen LogP contribution in [0.3, 0.4) is 0 Å². The zero-order chi connectivity index (χ0) is 20.0. The molecule has 0 aliphatic heterocycles. The van der Waals surface area contributed by atoms with E-state index in [2.05, 4.69) is 13.8 Å². The molecule has 0 aliphatic rings. The monoisotopic (exact) mass is 384 g/mol. The Labute approximate surface area is 169 Å². The first-order chi connectivity index (χ1) is 13.2. The fraction of sp³-hybridized carbons (Fsp3) is 0.958. The minimum absolute atomic E-state index is 0.148. The summed E-state index contributed by atoms with van der Waals surface area (Å²) in [6.45, 7) is 4.99. The number of hydrogen-bond acceptors (Lipinski definition) is 3. The summed E-state index contributed by atoms with van der Waals surface area (Å²) in [6.07, 6.45) is 21.8. The van der Waals surface area contributed by atoms with Gasteiger partial charge in [0.05, 0.1) is 12.7 Å². The Hall–Kier alpha value is -0.570. The van der Waals surface area contributed by atoms with Crippen LogP contribution in [-0.4, -0.2) is 23.8 Å². The van der Waals surface area contributed by atoms with Crippen LogP contribution in [0.15, 0.2) is 0 Å².